The molecule has 1 unspecified atom stereocenters. The molecule has 0 aliphatic rings. The van der Waals surface area contributed by atoms with E-state index in [-0.39, 0.29) is 0 Å². The van der Waals surface area contributed by atoms with Crippen LogP contribution < -0.4 is 5.32 Å². The molecule has 0 saturated carbocycles. The van der Waals surface area contributed by atoms with E-state index >= 15 is 0 Å². The predicted molar refractivity (Wildman–Crippen MR) is 64.1 cm³/mol. The van der Waals surface area contributed by atoms with Gasteiger partial charge in [-0.1, -0.05) is 12.1 Å². The van der Waals surface area contributed by atoms with Crippen molar-refractivity contribution in [2.24, 2.45) is 0 Å². The molecule has 0 amide bonds. The molecule has 0 saturated heterocycles. The van der Waals surface area contributed by atoms with Crippen LogP contribution in [0.15, 0.2) is 29.6 Å². The number of thiophene rings is 1. The van der Waals surface area contributed by atoms with Crippen molar-refractivity contribution >= 4 is 21.4 Å². The normalized spacial score (nSPS) is 13.3. The summed E-state index contributed by atoms with van der Waals surface area (Å²) in [4.78, 5) is 0. The first kappa shape index (κ1) is 9.69. The lowest BCUT2D eigenvalue weighted by Crippen LogP contribution is -2.23. The minimum absolute atomic E-state index is 0.547. The van der Waals surface area contributed by atoms with Crippen molar-refractivity contribution < 1.29 is 0 Å². The fourth-order valence-corrected chi connectivity index (χ4v) is 2.37. The lowest BCUT2D eigenvalue weighted by atomic mass is 10.1. The van der Waals surface area contributed by atoms with Crippen LogP contribution in [0.4, 0.5) is 0 Å². The molecule has 0 aliphatic heterocycles. The van der Waals surface area contributed by atoms with Crippen LogP contribution in [0.1, 0.15) is 12.5 Å². The van der Waals surface area contributed by atoms with Crippen molar-refractivity contribution in [3.05, 3.63) is 35.2 Å². The molecule has 14 heavy (non-hydrogen) atoms. The first-order chi connectivity index (χ1) is 6.79. The van der Waals surface area contributed by atoms with E-state index in [4.69, 9.17) is 0 Å². The highest BCUT2D eigenvalue weighted by atomic mass is 32.1. The predicted octanol–water partition coefficient (Wildman–Crippen LogP) is 3.05. The van der Waals surface area contributed by atoms with Crippen molar-refractivity contribution in [3.8, 4) is 0 Å². The van der Waals surface area contributed by atoms with Gasteiger partial charge >= 0.3 is 0 Å². The van der Waals surface area contributed by atoms with Gasteiger partial charge in [0.15, 0.2) is 0 Å². The summed E-state index contributed by atoms with van der Waals surface area (Å²) in [5.74, 6) is 0. The molecule has 0 fully saturated rings. The number of fused-ring (bicyclic) bond motifs is 1. The minimum atomic E-state index is 0.547. The first-order valence-electron chi connectivity index (χ1n) is 4.93. The van der Waals surface area contributed by atoms with E-state index in [1.807, 2.05) is 7.05 Å². The number of nitrogens with one attached hydrogen (secondary N) is 1. The second-order valence-electron chi connectivity index (χ2n) is 3.69. The quantitative estimate of drug-likeness (QED) is 0.812. The van der Waals surface area contributed by atoms with E-state index in [0.29, 0.717) is 6.04 Å². The molecule has 2 heteroatoms. The SMILES string of the molecule is CNC(C)Cc1ccc2sccc2c1. The third-order valence-electron chi connectivity index (χ3n) is 2.55. The van der Waals surface area contributed by atoms with E-state index in [1.165, 1.54) is 15.6 Å². The Morgan fingerprint density at radius 3 is 3.00 bits per heavy atom. The van der Waals surface area contributed by atoms with Crippen LogP contribution in [0, 0.1) is 0 Å². The number of likely N-dealkylation sites (N-methyl/N-ethyl adjacent to an activating group) is 1. The Kier molecular flexibility index (Phi) is 2.85. The summed E-state index contributed by atoms with van der Waals surface area (Å²) in [6.07, 6.45) is 1.10. The molecule has 1 aromatic carbocycles. The fraction of sp³-hybridized carbons (Fsp3) is 0.333. The van der Waals surface area contributed by atoms with Gasteiger partial charge in [0, 0.05) is 10.7 Å². The molecule has 0 radical (unpaired) electrons. The monoisotopic (exact) mass is 205 g/mol. The zero-order chi connectivity index (χ0) is 9.97. The Bertz CT molecular complexity index is 419. The molecule has 1 atom stereocenters. The third kappa shape index (κ3) is 1.97. The molecule has 0 aliphatic carbocycles. The Hall–Kier alpha value is -0.860. The van der Waals surface area contributed by atoms with Gasteiger partial charge in [0.25, 0.3) is 0 Å². The number of hydrogen-bond acceptors (Lipinski definition) is 2. The lowest BCUT2D eigenvalue weighted by Gasteiger charge is -2.09. The maximum Gasteiger partial charge on any atom is 0.0342 e. The van der Waals surface area contributed by atoms with Crippen molar-refractivity contribution in [1.29, 1.82) is 0 Å². The summed E-state index contributed by atoms with van der Waals surface area (Å²) in [6, 6.07) is 9.48. The molecule has 1 aromatic heterocycles. The largest absolute Gasteiger partial charge is 0.317 e. The van der Waals surface area contributed by atoms with Crippen molar-refractivity contribution in [3.63, 3.8) is 0 Å². The highest BCUT2D eigenvalue weighted by molar-refractivity contribution is 7.17. The van der Waals surface area contributed by atoms with Gasteiger partial charge in [-0.15, -0.1) is 11.3 Å². The van der Waals surface area contributed by atoms with Crippen LogP contribution in [-0.4, -0.2) is 13.1 Å². The topological polar surface area (TPSA) is 12.0 Å². The zero-order valence-electron chi connectivity index (χ0n) is 8.58. The molecule has 74 valence electrons. The molecular weight excluding hydrogens is 190 g/mol. The van der Waals surface area contributed by atoms with Gasteiger partial charge in [-0.25, -0.2) is 0 Å². The summed E-state index contributed by atoms with van der Waals surface area (Å²) in [6.45, 7) is 2.21. The maximum atomic E-state index is 3.26. The first-order valence-corrected chi connectivity index (χ1v) is 5.81. The summed E-state index contributed by atoms with van der Waals surface area (Å²) < 4.78 is 1.38. The smallest absolute Gasteiger partial charge is 0.0342 e. The van der Waals surface area contributed by atoms with E-state index in [1.54, 1.807) is 11.3 Å². The Balaban J connectivity index is 2.25. The average molecular weight is 205 g/mol. The van der Waals surface area contributed by atoms with Gasteiger partial charge in [-0.3, -0.25) is 0 Å². The highest BCUT2D eigenvalue weighted by Gasteiger charge is 2.01. The molecule has 2 aromatic rings. The van der Waals surface area contributed by atoms with Gasteiger partial charge in [0.05, 0.1) is 0 Å². The van der Waals surface area contributed by atoms with Crippen LogP contribution >= 0.6 is 11.3 Å². The van der Waals surface area contributed by atoms with Gasteiger partial charge in [0.1, 0.15) is 0 Å². The van der Waals surface area contributed by atoms with E-state index in [9.17, 15) is 0 Å². The van der Waals surface area contributed by atoms with Gasteiger partial charge in [-0.2, -0.15) is 0 Å². The van der Waals surface area contributed by atoms with E-state index in [2.05, 4.69) is 41.9 Å². The number of hydrogen-bond donors (Lipinski definition) is 1. The lowest BCUT2D eigenvalue weighted by molar-refractivity contribution is 0.609. The molecular formula is C12H15NS. The Labute approximate surface area is 88.8 Å². The van der Waals surface area contributed by atoms with Crippen molar-refractivity contribution in [2.75, 3.05) is 7.05 Å². The summed E-state index contributed by atoms with van der Waals surface area (Å²) >= 11 is 1.81. The summed E-state index contributed by atoms with van der Waals surface area (Å²) in [5, 5.41) is 6.78. The van der Waals surface area contributed by atoms with Crippen LogP contribution in [0.25, 0.3) is 10.1 Å². The van der Waals surface area contributed by atoms with E-state index < -0.39 is 0 Å². The van der Waals surface area contributed by atoms with Crippen LogP contribution in [0.3, 0.4) is 0 Å². The van der Waals surface area contributed by atoms with Crippen LogP contribution in [0.2, 0.25) is 0 Å². The molecule has 1 heterocycles. The van der Waals surface area contributed by atoms with Crippen molar-refractivity contribution in [2.45, 2.75) is 19.4 Å². The molecule has 1 nitrogen and oxygen atoms in total. The summed E-state index contributed by atoms with van der Waals surface area (Å²) in [7, 11) is 2.01. The molecule has 1 N–H and O–H groups in total. The minimum Gasteiger partial charge on any atom is -0.317 e. The fourth-order valence-electron chi connectivity index (χ4n) is 1.60. The average Bonchev–Trinajstić information content (AvgIpc) is 2.64. The van der Waals surface area contributed by atoms with E-state index in [0.717, 1.165) is 6.42 Å². The maximum absolute atomic E-state index is 3.26. The van der Waals surface area contributed by atoms with Crippen molar-refractivity contribution in [1.82, 2.24) is 5.32 Å². The zero-order valence-corrected chi connectivity index (χ0v) is 9.40. The second-order valence-corrected chi connectivity index (χ2v) is 4.63. The van der Waals surface area contributed by atoms with Gasteiger partial charge < -0.3 is 5.32 Å². The third-order valence-corrected chi connectivity index (χ3v) is 3.45. The van der Waals surface area contributed by atoms with Crippen LogP contribution in [-0.2, 0) is 6.42 Å². The highest BCUT2D eigenvalue weighted by Crippen LogP contribution is 2.22. The second kappa shape index (κ2) is 4.11. The number of rotatable bonds is 3. The summed E-state index contributed by atoms with van der Waals surface area (Å²) in [5.41, 5.74) is 1.41. The van der Waals surface area contributed by atoms with Gasteiger partial charge in [-0.05, 0) is 48.9 Å². The standard InChI is InChI=1S/C12H15NS/c1-9(13-2)7-10-3-4-12-11(8-10)5-6-14-12/h3-6,8-9,13H,7H2,1-2H3. The van der Waals surface area contributed by atoms with Gasteiger partial charge in [0.2, 0.25) is 0 Å². The molecule has 2 rings (SSSR count). The Morgan fingerprint density at radius 2 is 2.21 bits per heavy atom. The Morgan fingerprint density at radius 1 is 1.36 bits per heavy atom. The van der Waals surface area contributed by atoms with Crippen LogP contribution in [0.5, 0.6) is 0 Å². The molecule has 0 bridgehead atoms. The molecule has 0 spiro atoms. The number of benzene rings is 1.